The Balaban J connectivity index is 1.82. The smallest absolute Gasteiger partial charge is 0.226 e. The summed E-state index contributed by atoms with van der Waals surface area (Å²) in [6.07, 6.45) is 0.248. The van der Waals surface area contributed by atoms with E-state index < -0.39 is 0 Å². The summed E-state index contributed by atoms with van der Waals surface area (Å²) in [6.45, 7) is 4.44. The maximum absolute atomic E-state index is 11.7. The summed E-state index contributed by atoms with van der Waals surface area (Å²) in [5, 5.41) is 6.09. The summed E-state index contributed by atoms with van der Waals surface area (Å²) < 4.78 is 6.35. The van der Waals surface area contributed by atoms with E-state index in [-0.39, 0.29) is 12.3 Å². The van der Waals surface area contributed by atoms with Crippen LogP contribution in [0.3, 0.4) is 0 Å². The van der Waals surface area contributed by atoms with Crippen molar-refractivity contribution in [3.05, 3.63) is 56.4 Å². The van der Waals surface area contributed by atoms with Gasteiger partial charge in [-0.2, -0.15) is 0 Å². The number of nitrogens with zero attached hydrogens (tertiary/aromatic N) is 1. The molecular formula is C15H14BrClN2O2S. The fourth-order valence-electron chi connectivity index (χ4n) is 1.59. The molecule has 4 nitrogen and oxygen atoms in total. The summed E-state index contributed by atoms with van der Waals surface area (Å²) in [5.74, 6) is 0.644. The number of ether oxygens (including phenoxy) is 1. The number of nitrogens with one attached hydrogen (secondary N) is 1. The summed E-state index contributed by atoms with van der Waals surface area (Å²) >= 11 is 10.5. The molecule has 1 aromatic heterocycles. The van der Waals surface area contributed by atoms with Crippen molar-refractivity contribution >= 4 is 44.8 Å². The molecule has 1 aromatic carbocycles. The van der Waals surface area contributed by atoms with E-state index in [1.165, 1.54) is 11.3 Å². The van der Waals surface area contributed by atoms with Crippen LogP contribution in [0.2, 0.25) is 5.02 Å². The Morgan fingerprint density at radius 1 is 1.41 bits per heavy atom. The molecule has 2 aromatic rings. The third kappa shape index (κ3) is 5.79. The van der Waals surface area contributed by atoms with Gasteiger partial charge in [0.25, 0.3) is 0 Å². The standard InChI is InChI=1S/C15H14BrClN2O2S/c1-10(16)7-18-14(20)6-12-9-22-15(19-12)8-21-13-4-2-11(17)3-5-13/h2-5,9H,1,6-8H2,(H,18,20). The van der Waals surface area contributed by atoms with Gasteiger partial charge in [-0.3, -0.25) is 4.79 Å². The van der Waals surface area contributed by atoms with Crippen LogP contribution in [0.4, 0.5) is 0 Å². The molecule has 0 aliphatic rings. The second kappa shape index (κ2) is 8.31. The average Bonchev–Trinajstić information content (AvgIpc) is 2.92. The number of rotatable bonds is 7. The highest BCUT2D eigenvalue weighted by Crippen LogP contribution is 2.18. The number of carbonyl (C=O) groups is 1. The van der Waals surface area contributed by atoms with Crippen LogP contribution in [0.5, 0.6) is 5.75 Å². The first-order chi connectivity index (χ1) is 10.5. The van der Waals surface area contributed by atoms with Gasteiger partial charge in [-0.1, -0.05) is 34.1 Å². The summed E-state index contributed by atoms with van der Waals surface area (Å²) in [7, 11) is 0. The van der Waals surface area contributed by atoms with Gasteiger partial charge in [0.15, 0.2) is 0 Å². The van der Waals surface area contributed by atoms with E-state index in [0.717, 1.165) is 20.9 Å². The van der Waals surface area contributed by atoms with Crippen molar-refractivity contribution in [3.8, 4) is 5.75 Å². The third-order valence-corrected chi connectivity index (χ3v) is 4.00. The molecule has 0 atom stereocenters. The predicted molar refractivity (Wildman–Crippen MR) is 92.7 cm³/mol. The molecule has 0 saturated carbocycles. The van der Waals surface area contributed by atoms with E-state index in [0.29, 0.717) is 18.2 Å². The van der Waals surface area contributed by atoms with Crippen LogP contribution < -0.4 is 10.1 Å². The van der Waals surface area contributed by atoms with Crippen LogP contribution in [0.25, 0.3) is 0 Å². The first kappa shape index (κ1) is 17.0. The SMILES string of the molecule is C=C(Br)CNC(=O)Cc1csc(COc2ccc(Cl)cc2)n1. The van der Waals surface area contributed by atoms with Crippen molar-refractivity contribution in [2.24, 2.45) is 0 Å². The fourth-order valence-corrected chi connectivity index (χ4v) is 2.57. The summed E-state index contributed by atoms with van der Waals surface area (Å²) in [4.78, 5) is 16.1. The lowest BCUT2D eigenvalue weighted by Gasteiger charge is -2.03. The Morgan fingerprint density at radius 2 is 2.14 bits per heavy atom. The van der Waals surface area contributed by atoms with Crippen molar-refractivity contribution < 1.29 is 9.53 Å². The predicted octanol–water partition coefficient (Wildman–Crippen LogP) is 3.94. The summed E-state index contributed by atoms with van der Waals surface area (Å²) in [6, 6.07) is 7.15. The zero-order valence-corrected chi connectivity index (χ0v) is 14.8. The van der Waals surface area contributed by atoms with Crippen LogP contribution in [0.1, 0.15) is 10.7 Å². The quantitative estimate of drug-likeness (QED) is 0.764. The Hall–Kier alpha value is -1.37. The highest BCUT2D eigenvalue weighted by Gasteiger charge is 2.08. The van der Waals surface area contributed by atoms with E-state index in [1.54, 1.807) is 24.3 Å². The van der Waals surface area contributed by atoms with Crippen LogP contribution in [-0.2, 0) is 17.8 Å². The lowest BCUT2D eigenvalue weighted by Crippen LogP contribution is -2.26. The zero-order chi connectivity index (χ0) is 15.9. The van der Waals surface area contributed by atoms with Gasteiger partial charge in [0.2, 0.25) is 5.91 Å². The van der Waals surface area contributed by atoms with Crippen LogP contribution in [-0.4, -0.2) is 17.4 Å². The number of hydrogen-bond donors (Lipinski definition) is 1. The molecule has 1 amide bonds. The Bertz CT molecular complexity index is 658. The van der Waals surface area contributed by atoms with E-state index in [1.807, 2.05) is 5.38 Å². The van der Waals surface area contributed by atoms with Crippen molar-refractivity contribution in [1.29, 1.82) is 0 Å². The van der Waals surface area contributed by atoms with E-state index in [4.69, 9.17) is 16.3 Å². The van der Waals surface area contributed by atoms with Crippen molar-refractivity contribution in [2.75, 3.05) is 6.54 Å². The number of hydrogen-bond acceptors (Lipinski definition) is 4. The van der Waals surface area contributed by atoms with Crippen LogP contribution in [0.15, 0.2) is 40.7 Å². The van der Waals surface area contributed by atoms with Gasteiger partial charge in [-0.05, 0) is 24.3 Å². The molecule has 0 bridgehead atoms. The Labute approximate surface area is 146 Å². The minimum atomic E-state index is -0.0870. The first-order valence-corrected chi connectivity index (χ1v) is 8.49. The first-order valence-electron chi connectivity index (χ1n) is 6.44. The van der Waals surface area contributed by atoms with Gasteiger partial charge in [-0.25, -0.2) is 4.98 Å². The van der Waals surface area contributed by atoms with Crippen LogP contribution in [0, 0.1) is 0 Å². The number of thiazole rings is 1. The second-order valence-corrected chi connectivity index (χ2v) is 6.95. The largest absolute Gasteiger partial charge is 0.486 e. The second-order valence-electron chi connectivity index (χ2n) is 4.45. The van der Waals surface area contributed by atoms with Gasteiger partial charge in [0.1, 0.15) is 17.4 Å². The molecule has 116 valence electrons. The van der Waals surface area contributed by atoms with E-state index in [9.17, 15) is 4.79 Å². The number of aromatic nitrogens is 1. The molecule has 2 rings (SSSR count). The monoisotopic (exact) mass is 400 g/mol. The highest BCUT2D eigenvalue weighted by molar-refractivity contribution is 9.11. The molecule has 22 heavy (non-hydrogen) atoms. The lowest BCUT2D eigenvalue weighted by molar-refractivity contribution is -0.120. The maximum Gasteiger partial charge on any atom is 0.226 e. The molecule has 0 fully saturated rings. The molecule has 0 radical (unpaired) electrons. The van der Waals surface area contributed by atoms with Crippen molar-refractivity contribution in [1.82, 2.24) is 10.3 Å². The molecule has 1 N–H and O–H groups in total. The van der Waals surface area contributed by atoms with Crippen molar-refractivity contribution in [2.45, 2.75) is 13.0 Å². The Kier molecular flexibility index (Phi) is 6.42. The number of carbonyl (C=O) groups excluding carboxylic acids is 1. The fraction of sp³-hybridized carbons (Fsp3) is 0.200. The van der Waals surface area contributed by atoms with Gasteiger partial charge in [0, 0.05) is 21.4 Å². The molecule has 0 spiro atoms. The molecule has 0 aliphatic carbocycles. The van der Waals surface area contributed by atoms with Crippen LogP contribution >= 0.6 is 38.9 Å². The van der Waals surface area contributed by atoms with E-state index in [2.05, 4.69) is 32.8 Å². The maximum atomic E-state index is 11.7. The molecule has 0 saturated heterocycles. The van der Waals surface area contributed by atoms with Gasteiger partial charge >= 0.3 is 0 Å². The number of benzene rings is 1. The number of amides is 1. The molecule has 1 heterocycles. The molecule has 0 unspecified atom stereocenters. The van der Waals surface area contributed by atoms with Gasteiger partial charge in [0.05, 0.1) is 12.1 Å². The normalized spacial score (nSPS) is 10.3. The van der Waals surface area contributed by atoms with Gasteiger partial charge in [-0.15, -0.1) is 11.3 Å². The number of halogens is 2. The molecule has 7 heteroatoms. The van der Waals surface area contributed by atoms with Crippen molar-refractivity contribution in [3.63, 3.8) is 0 Å². The van der Waals surface area contributed by atoms with E-state index >= 15 is 0 Å². The third-order valence-electron chi connectivity index (χ3n) is 2.59. The topological polar surface area (TPSA) is 51.2 Å². The average molecular weight is 402 g/mol. The molecular weight excluding hydrogens is 388 g/mol. The Morgan fingerprint density at radius 3 is 2.82 bits per heavy atom. The lowest BCUT2D eigenvalue weighted by atomic mass is 10.3. The highest BCUT2D eigenvalue weighted by atomic mass is 79.9. The minimum absolute atomic E-state index is 0.0870. The minimum Gasteiger partial charge on any atom is -0.486 e. The zero-order valence-electron chi connectivity index (χ0n) is 11.6. The summed E-state index contributed by atoms with van der Waals surface area (Å²) in [5.41, 5.74) is 0.734. The molecule has 0 aliphatic heterocycles. The van der Waals surface area contributed by atoms with Gasteiger partial charge < -0.3 is 10.1 Å².